The van der Waals surface area contributed by atoms with Gasteiger partial charge in [-0.3, -0.25) is 0 Å². The van der Waals surface area contributed by atoms with Crippen LogP contribution in [0, 0.1) is 19.7 Å². The summed E-state index contributed by atoms with van der Waals surface area (Å²) >= 11 is 0. The minimum atomic E-state index is -0.258. The first-order chi connectivity index (χ1) is 8.13. The molecule has 0 saturated carbocycles. The molecular weight excluding hydrogens is 219 g/mol. The summed E-state index contributed by atoms with van der Waals surface area (Å²) < 4.78 is 14.6. The summed E-state index contributed by atoms with van der Waals surface area (Å²) in [4.78, 5) is 0. The standard InChI is InChI=1S/C13H15FN2O/c1-9-13(7-8-17)10(2)16(15-9)12-5-3-11(14)4-6-12/h3-6,17H,7-8H2,1-2H3. The molecule has 3 nitrogen and oxygen atoms in total. The summed E-state index contributed by atoms with van der Waals surface area (Å²) in [6, 6.07) is 6.21. The predicted molar refractivity (Wildman–Crippen MR) is 63.8 cm³/mol. The molecule has 1 heterocycles. The zero-order valence-electron chi connectivity index (χ0n) is 9.94. The summed E-state index contributed by atoms with van der Waals surface area (Å²) in [5.74, 6) is -0.258. The molecule has 2 rings (SSSR count). The fraction of sp³-hybridized carbons (Fsp3) is 0.308. The van der Waals surface area contributed by atoms with Crippen LogP contribution in [0.4, 0.5) is 4.39 Å². The average Bonchev–Trinajstić information content (AvgIpc) is 2.59. The Labute approximate surface area is 99.5 Å². The van der Waals surface area contributed by atoms with Gasteiger partial charge in [0.25, 0.3) is 0 Å². The van der Waals surface area contributed by atoms with Crippen LogP contribution in [0.15, 0.2) is 24.3 Å². The van der Waals surface area contributed by atoms with Gasteiger partial charge >= 0.3 is 0 Å². The molecule has 0 saturated heterocycles. The van der Waals surface area contributed by atoms with E-state index in [1.54, 1.807) is 16.8 Å². The van der Waals surface area contributed by atoms with Crippen LogP contribution in [0.1, 0.15) is 17.0 Å². The van der Waals surface area contributed by atoms with Gasteiger partial charge in [0, 0.05) is 12.3 Å². The van der Waals surface area contributed by atoms with Crippen LogP contribution >= 0.6 is 0 Å². The molecule has 17 heavy (non-hydrogen) atoms. The van der Waals surface area contributed by atoms with Gasteiger partial charge in [0.1, 0.15) is 5.82 Å². The Morgan fingerprint density at radius 2 is 1.88 bits per heavy atom. The highest BCUT2D eigenvalue weighted by molar-refractivity contribution is 5.37. The lowest BCUT2D eigenvalue weighted by Crippen LogP contribution is -2.00. The van der Waals surface area contributed by atoms with Crippen LogP contribution in [-0.4, -0.2) is 21.5 Å². The van der Waals surface area contributed by atoms with Crippen molar-refractivity contribution in [3.8, 4) is 5.69 Å². The molecule has 0 spiro atoms. The summed E-state index contributed by atoms with van der Waals surface area (Å²) in [7, 11) is 0. The molecule has 0 fully saturated rings. The normalized spacial score (nSPS) is 10.8. The van der Waals surface area contributed by atoms with E-state index in [0.717, 1.165) is 22.6 Å². The van der Waals surface area contributed by atoms with Crippen molar-refractivity contribution in [1.29, 1.82) is 0 Å². The zero-order valence-corrected chi connectivity index (χ0v) is 9.94. The van der Waals surface area contributed by atoms with Crippen LogP contribution < -0.4 is 0 Å². The number of halogens is 1. The van der Waals surface area contributed by atoms with Gasteiger partial charge in [-0.2, -0.15) is 5.10 Å². The van der Waals surface area contributed by atoms with Crippen molar-refractivity contribution in [3.05, 3.63) is 47.0 Å². The molecule has 1 N–H and O–H groups in total. The Kier molecular flexibility index (Phi) is 3.24. The number of aliphatic hydroxyl groups is 1. The van der Waals surface area contributed by atoms with E-state index in [9.17, 15) is 4.39 Å². The van der Waals surface area contributed by atoms with E-state index in [0.29, 0.717) is 6.42 Å². The number of benzene rings is 1. The molecule has 0 bridgehead atoms. The first kappa shape index (κ1) is 11.8. The van der Waals surface area contributed by atoms with Crippen molar-refractivity contribution in [2.45, 2.75) is 20.3 Å². The maximum atomic E-state index is 12.8. The number of aryl methyl sites for hydroxylation is 1. The number of hydrogen-bond donors (Lipinski definition) is 1. The van der Waals surface area contributed by atoms with Crippen LogP contribution in [0.3, 0.4) is 0 Å². The van der Waals surface area contributed by atoms with Gasteiger partial charge in [0.15, 0.2) is 0 Å². The molecule has 0 amide bonds. The molecule has 90 valence electrons. The molecule has 2 aromatic rings. The van der Waals surface area contributed by atoms with Gasteiger partial charge in [0.2, 0.25) is 0 Å². The Morgan fingerprint density at radius 3 is 2.47 bits per heavy atom. The van der Waals surface area contributed by atoms with E-state index in [1.807, 2.05) is 13.8 Å². The maximum Gasteiger partial charge on any atom is 0.123 e. The van der Waals surface area contributed by atoms with Crippen molar-refractivity contribution in [2.75, 3.05) is 6.61 Å². The molecule has 0 radical (unpaired) electrons. The quantitative estimate of drug-likeness (QED) is 0.883. The molecule has 1 aromatic carbocycles. The Morgan fingerprint density at radius 1 is 1.24 bits per heavy atom. The van der Waals surface area contributed by atoms with Gasteiger partial charge in [-0.15, -0.1) is 0 Å². The Balaban J connectivity index is 2.46. The van der Waals surface area contributed by atoms with Crippen LogP contribution in [0.25, 0.3) is 5.69 Å². The summed E-state index contributed by atoms with van der Waals surface area (Å²) in [5, 5.41) is 13.4. The van der Waals surface area contributed by atoms with Crippen LogP contribution in [0.5, 0.6) is 0 Å². The summed E-state index contributed by atoms with van der Waals surface area (Å²) in [6.45, 7) is 3.98. The van der Waals surface area contributed by atoms with E-state index in [1.165, 1.54) is 12.1 Å². The fourth-order valence-corrected chi connectivity index (χ4v) is 1.98. The van der Waals surface area contributed by atoms with E-state index < -0.39 is 0 Å². The van der Waals surface area contributed by atoms with Crippen molar-refractivity contribution >= 4 is 0 Å². The smallest absolute Gasteiger partial charge is 0.123 e. The third-order valence-corrected chi connectivity index (χ3v) is 2.87. The number of aliphatic hydroxyl groups excluding tert-OH is 1. The van der Waals surface area contributed by atoms with Crippen LogP contribution in [-0.2, 0) is 6.42 Å². The molecule has 0 aliphatic carbocycles. The minimum Gasteiger partial charge on any atom is -0.396 e. The first-order valence-corrected chi connectivity index (χ1v) is 5.55. The number of hydrogen-bond acceptors (Lipinski definition) is 2. The third kappa shape index (κ3) is 2.22. The number of nitrogens with zero attached hydrogens (tertiary/aromatic N) is 2. The molecule has 4 heteroatoms. The lowest BCUT2D eigenvalue weighted by molar-refractivity contribution is 0.299. The van der Waals surface area contributed by atoms with Gasteiger partial charge < -0.3 is 5.11 Å². The number of rotatable bonds is 3. The minimum absolute atomic E-state index is 0.108. The average molecular weight is 234 g/mol. The van der Waals surface area contributed by atoms with Gasteiger partial charge in [-0.05, 0) is 50.1 Å². The highest BCUT2D eigenvalue weighted by Gasteiger charge is 2.11. The highest BCUT2D eigenvalue weighted by Crippen LogP contribution is 2.18. The second kappa shape index (κ2) is 4.67. The lowest BCUT2D eigenvalue weighted by Gasteiger charge is -2.04. The van der Waals surface area contributed by atoms with E-state index in [4.69, 9.17) is 5.11 Å². The monoisotopic (exact) mass is 234 g/mol. The first-order valence-electron chi connectivity index (χ1n) is 5.55. The topological polar surface area (TPSA) is 38.0 Å². The molecular formula is C13H15FN2O. The SMILES string of the molecule is Cc1nn(-c2ccc(F)cc2)c(C)c1CCO. The van der Waals surface area contributed by atoms with Crippen molar-refractivity contribution < 1.29 is 9.50 Å². The maximum absolute atomic E-state index is 12.8. The van der Waals surface area contributed by atoms with Crippen molar-refractivity contribution in [3.63, 3.8) is 0 Å². The van der Waals surface area contributed by atoms with Crippen molar-refractivity contribution in [1.82, 2.24) is 9.78 Å². The van der Waals surface area contributed by atoms with E-state index in [2.05, 4.69) is 5.10 Å². The molecule has 1 aromatic heterocycles. The second-order valence-corrected chi connectivity index (χ2v) is 4.01. The second-order valence-electron chi connectivity index (χ2n) is 4.01. The molecule has 0 unspecified atom stereocenters. The van der Waals surface area contributed by atoms with Crippen molar-refractivity contribution in [2.24, 2.45) is 0 Å². The number of aromatic nitrogens is 2. The zero-order chi connectivity index (χ0) is 12.4. The summed E-state index contributed by atoms with van der Waals surface area (Å²) in [6.07, 6.45) is 0.596. The molecule has 0 aliphatic heterocycles. The molecule has 0 aliphatic rings. The Hall–Kier alpha value is -1.68. The third-order valence-electron chi connectivity index (χ3n) is 2.87. The molecule has 0 atom stereocenters. The highest BCUT2D eigenvalue weighted by atomic mass is 19.1. The lowest BCUT2D eigenvalue weighted by atomic mass is 10.1. The Bertz CT molecular complexity index is 517. The fourth-order valence-electron chi connectivity index (χ4n) is 1.98. The summed E-state index contributed by atoms with van der Waals surface area (Å²) in [5.41, 5.74) is 3.78. The van der Waals surface area contributed by atoms with Gasteiger partial charge in [0.05, 0.1) is 11.4 Å². The van der Waals surface area contributed by atoms with Gasteiger partial charge in [-0.1, -0.05) is 0 Å². The largest absolute Gasteiger partial charge is 0.396 e. The van der Waals surface area contributed by atoms with Gasteiger partial charge in [-0.25, -0.2) is 9.07 Å². The van der Waals surface area contributed by atoms with E-state index >= 15 is 0 Å². The van der Waals surface area contributed by atoms with Crippen LogP contribution in [0.2, 0.25) is 0 Å². The van der Waals surface area contributed by atoms with E-state index in [-0.39, 0.29) is 12.4 Å². The predicted octanol–water partition coefficient (Wildman–Crippen LogP) is 2.16.